The second-order valence-electron chi connectivity index (χ2n) is 16.7. The maximum atomic E-state index is 15.2. The Kier molecular flexibility index (Phi) is 21.9. The maximum absolute atomic E-state index is 15.2. The molecule has 4 aromatic heterocycles. The van der Waals surface area contributed by atoms with E-state index in [9.17, 15) is 23.6 Å². The number of anilines is 4. The molecule has 0 bridgehead atoms. The number of hydrogen-bond acceptors (Lipinski definition) is 20. The molecular weight excluding hydrogens is 991 g/mol. The lowest BCUT2D eigenvalue weighted by Gasteiger charge is -2.24. The van der Waals surface area contributed by atoms with Crippen molar-refractivity contribution in [3.63, 3.8) is 0 Å². The van der Waals surface area contributed by atoms with E-state index in [2.05, 4.69) is 72.9 Å². The summed E-state index contributed by atoms with van der Waals surface area (Å²) in [5.41, 5.74) is 10.2. The Bertz CT molecular complexity index is 2270. The van der Waals surface area contributed by atoms with Crippen molar-refractivity contribution in [1.29, 1.82) is 0 Å². The Morgan fingerprint density at radius 1 is 0.700 bits per heavy atom. The predicted octanol–water partition coefficient (Wildman–Crippen LogP) is 7.61. The number of halogens is 2. The standard InChI is InChI=1S/C24H34FN7O4S2.C19H26FN7O3S2/c1-37-23-29-20(27-14-17-26-9-11-38-17)19(25)21(30-23)31-32-22(33)16(12-15-6-2-3-7-15)13-28-24(34)36-18-8-4-5-10-35-18;1-31-18-24-15(22-10-13-21-6-7-32-13)14(20)16(25-18)26-27-17(28)12(9-23-19(29)30)8-11-4-2-3-5-11/h9,11,15-16,18H,2-8,10,12-14H2,1H3,(H,28,34)(H,32,33)(H2,27,29,30,31);6-7,11-12,23H,2-5,8-10H2,1H3,(H,27,28)(H,29,30)(H2,22,24,25,26)/t16-,18?;12-/m11/s1. The van der Waals surface area contributed by atoms with Gasteiger partial charge in [-0.25, -0.2) is 39.5 Å². The van der Waals surface area contributed by atoms with Crippen LogP contribution in [0.1, 0.15) is 93.5 Å². The summed E-state index contributed by atoms with van der Waals surface area (Å²) in [6.45, 7) is 1.26. The molecule has 3 aliphatic rings. The minimum absolute atomic E-state index is 0.00754. The van der Waals surface area contributed by atoms with Gasteiger partial charge in [-0.1, -0.05) is 74.9 Å². The normalized spacial score (nSPS) is 16.8. The summed E-state index contributed by atoms with van der Waals surface area (Å²) in [7, 11) is 0. The Balaban J connectivity index is 0.000000233. The molecule has 9 N–H and O–H groups in total. The molecule has 382 valence electrons. The van der Waals surface area contributed by atoms with Gasteiger partial charge in [0, 0.05) is 42.7 Å². The number of thioether (sulfide) groups is 2. The smallest absolute Gasteiger partial charge is 0.409 e. The third-order valence-corrected chi connectivity index (χ3v) is 14.4. The van der Waals surface area contributed by atoms with Crippen molar-refractivity contribution < 1.29 is 42.5 Å². The maximum Gasteiger partial charge on any atom is 0.409 e. The van der Waals surface area contributed by atoms with Gasteiger partial charge in [-0.2, -0.15) is 8.78 Å². The molecule has 21 nitrogen and oxygen atoms in total. The van der Waals surface area contributed by atoms with Crippen LogP contribution >= 0.6 is 46.2 Å². The first-order chi connectivity index (χ1) is 34.0. The van der Waals surface area contributed by atoms with E-state index in [1.165, 1.54) is 46.2 Å². The van der Waals surface area contributed by atoms with Gasteiger partial charge in [0.05, 0.1) is 31.5 Å². The Morgan fingerprint density at radius 3 is 1.57 bits per heavy atom. The topological polar surface area (TPSA) is 281 Å². The molecule has 2 aliphatic carbocycles. The molecule has 1 saturated heterocycles. The summed E-state index contributed by atoms with van der Waals surface area (Å²) in [5, 5.41) is 25.6. The van der Waals surface area contributed by atoms with Crippen LogP contribution in [0.5, 0.6) is 0 Å². The summed E-state index contributed by atoms with van der Waals surface area (Å²) < 4.78 is 40.9. The number of hydrogen-bond donors (Lipinski definition) is 9. The lowest BCUT2D eigenvalue weighted by Crippen LogP contribution is -2.43. The molecule has 2 saturated carbocycles. The monoisotopic (exact) mass is 1050 g/mol. The highest BCUT2D eigenvalue weighted by atomic mass is 32.2. The molecular formula is C43H60F2N14O7S4. The SMILES string of the molecule is CSc1nc(NCc2nccs2)c(F)c(NNC(=O)[C@@H](CNC(=O)O)CC2CCCC2)n1.CSc1nc(NCc2nccs2)c(F)c(NNC(=O)[C@@H](CNC(=O)OC2CCCCO2)CC2CCCC2)n1. The molecule has 1 aliphatic heterocycles. The van der Waals surface area contributed by atoms with E-state index in [0.29, 0.717) is 61.1 Å². The summed E-state index contributed by atoms with van der Waals surface area (Å²) in [5.74, 6) is -2.92. The number of rotatable bonds is 23. The van der Waals surface area contributed by atoms with E-state index in [0.717, 1.165) is 74.2 Å². The molecule has 3 fully saturated rings. The second-order valence-corrected chi connectivity index (χ2v) is 20.2. The fourth-order valence-electron chi connectivity index (χ4n) is 8.13. The first-order valence-corrected chi connectivity index (χ1v) is 27.3. The molecule has 3 atom stereocenters. The molecule has 0 radical (unpaired) electrons. The predicted molar refractivity (Wildman–Crippen MR) is 264 cm³/mol. The summed E-state index contributed by atoms with van der Waals surface area (Å²) in [6, 6.07) is 0. The van der Waals surface area contributed by atoms with Gasteiger partial charge in [0.2, 0.25) is 29.7 Å². The Hall–Kier alpha value is -5.38. The van der Waals surface area contributed by atoms with Crippen molar-refractivity contribution in [2.24, 2.45) is 23.7 Å². The van der Waals surface area contributed by atoms with Crippen LogP contribution in [0.15, 0.2) is 33.5 Å². The molecule has 70 heavy (non-hydrogen) atoms. The van der Waals surface area contributed by atoms with Gasteiger partial charge in [-0.15, -0.1) is 22.7 Å². The first-order valence-electron chi connectivity index (χ1n) is 23.1. The van der Waals surface area contributed by atoms with Crippen LogP contribution in [0.2, 0.25) is 0 Å². The van der Waals surface area contributed by atoms with Gasteiger partial charge >= 0.3 is 12.2 Å². The van der Waals surface area contributed by atoms with Crippen LogP contribution in [0, 0.1) is 35.3 Å². The highest BCUT2D eigenvalue weighted by molar-refractivity contribution is 7.98. The average Bonchev–Trinajstić information content (AvgIpc) is 4.24. The van der Waals surface area contributed by atoms with E-state index in [4.69, 9.17) is 14.6 Å². The largest absolute Gasteiger partial charge is 0.465 e. The van der Waals surface area contributed by atoms with Gasteiger partial charge in [-0.05, 0) is 50.0 Å². The molecule has 4 amide bonds. The van der Waals surface area contributed by atoms with Gasteiger partial charge in [-0.3, -0.25) is 31.3 Å². The van der Waals surface area contributed by atoms with Crippen molar-refractivity contribution in [3.05, 3.63) is 44.8 Å². The number of carbonyl (C=O) groups excluding carboxylic acids is 3. The van der Waals surface area contributed by atoms with Crippen molar-refractivity contribution in [2.75, 3.05) is 53.7 Å². The fourth-order valence-corrected chi connectivity index (χ4v) is 9.97. The first kappa shape index (κ1) is 54.0. The molecule has 7 rings (SSSR count). The number of ether oxygens (including phenoxy) is 2. The third-order valence-electron chi connectivity index (χ3n) is 11.7. The number of nitrogens with one attached hydrogen (secondary N) is 8. The van der Waals surface area contributed by atoms with Gasteiger partial charge in [0.1, 0.15) is 10.0 Å². The van der Waals surface area contributed by atoms with Gasteiger partial charge in [0.25, 0.3) is 0 Å². The van der Waals surface area contributed by atoms with Crippen LogP contribution in [0.3, 0.4) is 0 Å². The van der Waals surface area contributed by atoms with E-state index < -0.39 is 47.9 Å². The Labute approximate surface area is 420 Å². The van der Waals surface area contributed by atoms with Crippen LogP contribution in [-0.4, -0.2) is 97.5 Å². The number of alkyl carbamates (subject to hydrolysis) is 1. The number of aromatic nitrogens is 6. The zero-order valence-electron chi connectivity index (χ0n) is 38.9. The summed E-state index contributed by atoms with van der Waals surface area (Å²) >= 11 is 5.36. The third kappa shape index (κ3) is 17.5. The molecule has 27 heteroatoms. The van der Waals surface area contributed by atoms with Crippen molar-refractivity contribution >= 4 is 93.5 Å². The van der Waals surface area contributed by atoms with Crippen LogP contribution < -0.4 is 43.0 Å². The summed E-state index contributed by atoms with van der Waals surface area (Å²) in [6.07, 6.45) is 16.9. The van der Waals surface area contributed by atoms with Crippen molar-refractivity contribution in [2.45, 2.75) is 113 Å². The number of thiazole rings is 2. The molecule has 0 aromatic carbocycles. The molecule has 4 aromatic rings. The van der Waals surface area contributed by atoms with Crippen molar-refractivity contribution in [3.8, 4) is 0 Å². The van der Waals surface area contributed by atoms with Crippen LogP contribution in [0.4, 0.5) is 41.6 Å². The van der Waals surface area contributed by atoms with Crippen LogP contribution in [-0.2, 0) is 32.2 Å². The second kappa shape index (κ2) is 28.5. The summed E-state index contributed by atoms with van der Waals surface area (Å²) in [4.78, 5) is 74.0. The molecule has 0 spiro atoms. The van der Waals surface area contributed by atoms with Gasteiger partial charge < -0.3 is 35.8 Å². The van der Waals surface area contributed by atoms with E-state index in [1.807, 2.05) is 10.8 Å². The Morgan fingerprint density at radius 2 is 1.16 bits per heavy atom. The average molecular weight is 1050 g/mol. The van der Waals surface area contributed by atoms with E-state index in [-0.39, 0.29) is 42.3 Å². The quantitative estimate of drug-likeness (QED) is 0.0196. The molecule has 5 heterocycles. The fraction of sp³-hybridized carbons (Fsp3) is 0.581. The minimum Gasteiger partial charge on any atom is -0.465 e. The number of nitrogens with zero attached hydrogens (tertiary/aromatic N) is 6. The zero-order valence-corrected chi connectivity index (χ0v) is 42.2. The number of hydrazine groups is 2. The number of carbonyl (C=O) groups is 4. The van der Waals surface area contributed by atoms with E-state index in [1.54, 1.807) is 24.9 Å². The minimum atomic E-state index is -1.19. The van der Waals surface area contributed by atoms with Gasteiger partial charge in [0.15, 0.2) is 33.6 Å². The van der Waals surface area contributed by atoms with Crippen LogP contribution in [0.25, 0.3) is 0 Å². The number of amides is 4. The highest BCUT2D eigenvalue weighted by Crippen LogP contribution is 2.32. The van der Waals surface area contributed by atoms with Crippen molar-refractivity contribution in [1.82, 2.24) is 51.4 Å². The molecule has 1 unspecified atom stereocenters. The lowest BCUT2D eigenvalue weighted by molar-refractivity contribution is -0.128. The highest BCUT2D eigenvalue weighted by Gasteiger charge is 2.29. The number of carboxylic acid groups (broad SMARTS) is 1. The van der Waals surface area contributed by atoms with E-state index >= 15 is 4.39 Å². The zero-order chi connectivity index (χ0) is 49.7. The lowest BCUT2D eigenvalue weighted by atomic mass is 9.92.